The fraction of sp³-hybridized carbons (Fsp3) is 0.571. The van der Waals surface area contributed by atoms with Crippen LogP contribution in [0.2, 0.25) is 0 Å². The Hall–Kier alpha value is -1.11. The van der Waals surface area contributed by atoms with Gasteiger partial charge < -0.3 is 5.73 Å². The molecule has 1 rings (SSSR count). The number of nitrogen functional groups attached to an aromatic ring is 1. The molecule has 0 bridgehead atoms. The second kappa shape index (κ2) is 7.06. The van der Waals surface area contributed by atoms with Crippen molar-refractivity contribution in [1.82, 2.24) is 9.03 Å². The molecule has 0 fully saturated rings. The molecule has 0 aliphatic rings. The van der Waals surface area contributed by atoms with Gasteiger partial charge in [-0.2, -0.15) is 12.7 Å². The van der Waals surface area contributed by atoms with Crippen molar-refractivity contribution in [2.75, 3.05) is 12.3 Å². The Kier molecular flexibility index (Phi) is 5.98. The Bertz CT molecular complexity index is 510. The summed E-state index contributed by atoms with van der Waals surface area (Å²) in [5.74, 6) is 0.273. The number of nitrogens with zero attached hydrogens (tertiary/aromatic N) is 1. The van der Waals surface area contributed by atoms with E-state index in [0.29, 0.717) is 18.8 Å². The maximum atomic E-state index is 12.3. The summed E-state index contributed by atoms with van der Waals surface area (Å²) in [5.41, 5.74) is 7.23. The summed E-state index contributed by atoms with van der Waals surface area (Å²) < 4.78 is 28.8. The third kappa shape index (κ3) is 5.11. The van der Waals surface area contributed by atoms with Crippen LogP contribution in [0.25, 0.3) is 0 Å². The van der Waals surface area contributed by atoms with Crippen LogP contribution in [0.1, 0.15) is 33.3 Å². The highest BCUT2D eigenvalue weighted by Crippen LogP contribution is 2.14. The van der Waals surface area contributed by atoms with Crippen LogP contribution in [0, 0.1) is 5.92 Å². The third-order valence-corrected chi connectivity index (χ3v) is 4.58. The van der Waals surface area contributed by atoms with Crippen molar-refractivity contribution < 1.29 is 8.42 Å². The van der Waals surface area contributed by atoms with Crippen molar-refractivity contribution in [3.05, 3.63) is 29.8 Å². The molecular weight excluding hydrogens is 274 g/mol. The largest absolute Gasteiger partial charge is 0.399 e. The summed E-state index contributed by atoms with van der Waals surface area (Å²) >= 11 is 0. The number of anilines is 1. The second-order valence-corrected chi connectivity index (χ2v) is 7.34. The van der Waals surface area contributed by atoms with E-state index in [0.717, 1.165) is 5.56 Å². The van der Waals surface area contributed by atoms with Crippen LogP contribution in [0.4, 0.5) is 5.69 Å². The molecule has 0 radical (unpaired) electrons. The van der Waals surface area contributed by atoms with Gasteiger partial charge in [0.25, 0.3) is 10.2 Å². The lowest BCUT2D eigenvalue weighted by Gasteiger charge is -2.26. The molecule has 3 N–H and O–H groups in total. The van der Waals surface area contributed by atoms with Crippen molar-refractivity contribution in [2.24, 2.45) is 5.92 Å². The van der Waals surface area contributed by atoms with Gasteiger partial charge in [-0.25, -0.2) is 4.72 Å². The first kappa shape index (κ1) is 16.9. The molecule has 0 heterocycles. The Balaban J connectivity index is 2.86. The standard InChI is InChI=1S/C14H25N3O2S/c1-11(2)9-16-20(18,19)17(12(3)4)10-13-5-7-14(15)8-6-13/h5-8,11-12,16H,9-10,15H2,1-4H3. The highest BCUT2D eigenvalue weighted by molar-refractivity contribution is 7.87. The molecule has 1 aromatic rings. The average molecular weight is 299 g/mol. The van der Waals surface area contributed by atoms with Crippen LogP contribution in [0.3, 0.4) is 0 Å². The lowest BCUT2D eigenvalue weighted by atomic mass is 10.2. The smallest absolute Gasteiger partial charge is 0.279 e. The average Bonchev–Trinajstić information content (AvgIpc) is 2.35. The maximum Gasteiger partial charge on any atom is 0.279 e. The van der Waals surface area contributed by atoms with Gasteiger partial charge in [-0.1, -0.05) is 26.0 Å². The van der Waals surface area contributed by atoms with Crippen LogP contribution in [0.15, 0.2) is 24.3 Å². The van der Waals surface area contributed by atoms with Crippen molar-refractivity contribution >= 4 is 15.9 Å². The summed E-state index contributed by atoms with van der Waals surface area (Å²) in [6.45, 7) is 8.46. The first-order valence-electron chi connectivity index (χ1n) is 6.83. The minimum absolute atomic E-state index is 0.114. The van der Waals surface area contributed by atoms with Gasteiger partial charge in [0.05, 0.1) is 0 Å². The zero-order chi connectivity index (χ0) is 15.3. The quantitative estimate of drug-likeness (QED) is 0.756. The van der Waals surface area contributed by atoms with Crippen molar-refractivity contribution in [3.8, 4) is 0 Å². The van der Waals surface area contributed by atoms with E-state index in [-0.39, 0.29) is 12.0 Å². The molecule has 0 unspecified atom stereocenters. The van der Waals surface area contributed by atoms with Gasteiger partial charge in [0.15, 0.2) is 0 Å². The van der Waals surface area contributed by atoms with E-state index in [1.807, 2.05) is 39.8 Å². The highest BCUT2D eigenvalue weighted by atomic mass is 32.2. The number of nitrogens with two attached hydrogens (primary N) is 1. The number of benzene rings is 1. The monoisotopic (exact) mass is 299 g/mol. The van der Waals surface area contributed by atoms with Crippen LogP contribution in [-0.4, -0.2) is 25.3 Å². The third-order valence-electron chi connectivity index (χ3n) is 2.88. The predicted molar refractivity (Wildman–Crippen MR) is 83.3 cm³/mol. The molecule has 114 valence electrons. The minimum atomic E-state index is -3.47. The van der Waals surface area contributed by atoms with E-state index in [4.69, 9.17) is 5.73 Å². The van der Waals surface area contributed by atoms with Gasteiger partial charge in [-0.3, -0.25) is 0 Å². The van der Waals surface area contributed by atoms with E-state index < -0.39 is 10.2 Å². The SMILES string of the molecule is CC(C)CNS(=O)(=O)N(Cc1ccc(N)cc1)C(C)C. The summed E-state index contributed by atoms with van der Waals surface area (Å²) in [6.07, 6.45) is 0. The zero-order valence-corrected chi connectivity index (χ0v) is 13.4. The summed E-state index contributed by atoms with van der Waals surface area (Å²) in [7, 11) is -3.47. The van der Waals surface area contributed by atoms with Crippen molar-refractivity contribution in [3.63, 3.8) is 0 Å². The molecule has 0 aliphatic carbocycles. The molecule has 6 heteroatoms. The molecule has 20 heavy (non-hydrogen) atoms. The molecule has 0 atom stereocenters. The molecule has 0 aliphatic heterocycles. The minimum Gasteiger partial charge on any atom is -0.399 e. The molecule has 0 aromatic heterocycles. The summed E-state index contributed by atoms with van der Waals surface area (Å²) in [4.78, 5) is 0. The van der Waals surface area contributed by atoms with Crippen LogP contribution in [-0.2, 0) is 16.8 Å². The zero-order valence-electron chi connectivity index (χ0n) is 12.6. The molecule has 0 spiro atoms. The van der Waals surface area contributed by atoms with Gasteiger partial charge in [0.2, 0.25) is 0 Å². The normalized spacial score (nSPS) is 12.6. The van der Waals surface area contributed by atoms with E-state index >= 15 is 0 Å². The lowest BCUT2D eigenvalue weighted by molar-refractivity contribution is 0.340. The number of hydrogen-bond acceptors (Lipinski definition) is 3. The molecular formula is C14H25N3O2S. The van der Waals surface area contributed by atoms with Gasteiger partial charge >= 0.3 is 0 Å². The van der Waals surface area contributed by atoms with E-state index in [9.17, 15) is 8.42 Å². The van der Waals surface area contributed by atoms with Gasteiger partial charge in [-0.05, 0) is 37.5 Å². The number of hydrogen-bond donors (Lipinski definition) is 2. The Morgan fingerprint density at radius 1 is 1.15 bits per heavy atom. The summed E-state index contributed by atoms with van der Waals surface area (Å²) in [6, 6.07) is 7.15. The Morgan fingerprint density at radius 2 is 1.70 bits per heavy atom. The Morgan fingerprint density at radius 3 is 2.15 bits per heavy atom. The molecule has 5 nitrogen and oxygen atoms in total. The van der Waals surface area contributed by atoms with Crippen LogP contribution in [0.5, 0.6) is 0 Å². The maximum absolute atomic E-state index is 12.3. The van der Waals surface area contributed by atoms with Gasteiger partial charge in [0, 0.05) is 24.8 Å². The van der Waals surface area contributed by atoms with E-state index in [1.54, 1.807) is 12.1 Å². The van der Waals surface area contributed by atoms with Crippen LogP contribution < -0.4 is 10.5 Å². The molecule has 0 saturated carbocycles. The van der Waals surface area contributed by atoms with Gasteiger partial charge in [0.1, 0.15) is 0 Å². The molecule has 0 amide bonds. The molecule has 1 aromatic carbocycles. The van der Waals surface area contributed by atoms with Crippen molar-refractivity contribution in [1.29, 1.82) is 0 Å². The van der Waals surface area contributed by atoms with Crippen molar-refractivity contribution in [2.45, 2.75) is 40.3 Å². The highest BCUT2D eigenvalue weighted by Gasteiger charge is 2.24. The number of rotatable bonds is 7. The fourth-order valence-electron chi connectivity index (χ4n) is 1.70. The Labute approximate surface area is 122 Å². The summed E-state index contributed by atoms with van der Waals surface area (Å²) in [5, 5.41) is 0. The number of nitrogens with one attached hydrogen (secondary N) is 1. The fourth-order valence-corrected chi connectivity index (χ4v) is 3.29. The van der Waals surface area contributed by atoms with E-state index in [1.165, 1.54) is 4.31 Å². The first-order chi connectivity index (χ1) is 9.22. The topological polar surface area (TPSA) is 75.4 Å². The lowest BCUT2D eigenvalue weighted by Crippen LogP contribution is -2.45. The van der Waals surface area contributed by atoms with Gasteiger partial charge in [-0.15, -0.1) is 0 Å². The van der Waals surface area contributed by atoms with E-state index in [2.05, 4.69) is 4.72 Å². The first-order valence-corrected chi connectivity index (χ1v) is 8.27. The molecule has 0 saturated heterocycles. The predicted octanol–water partition coefficient (Wildman–Crippen LogP) is 1.97. The second-order valence-electron chi connectivity index (χ2n) is 5.63. The van der Waals surface area contributed by atoms with Crippen LogP contribution >= 0.6 is 0 Å².